The third kappa shape index (κ3) is 4.51. The molecule has 0 radical (unpaired) electrons. The molecule has 7 heteroatoms. The molecule has 0 bridgehead atoms. The zero-order valence-corrected chi connectivity index (χ0v) is 10.3. The maximum atomic E-state index is 11.1. The fourth-order valence-electron chi connectivity index (χ4n) is 1.24. The summed E-state index contributed by atoms with van der Waals surface area (Å²) in [5, 5.41) is 1.15. The number of carbonyl (C=O) groups excluding carboxylic acids is 1. The maximum Gasteiger partial charge on any atom is 0.325 e. The van der Waals surface area contributed by atoms with Gasteiger partial charge in [-0.2, -0.15) is 4.21 Å². The second-order valence-corrected chi connectivity index (χ2v) is 3.80. The molecule has 1 atom stereocenters. The predicted molar refractivity (Wildman–Crippen MR) is 62.4 cm³/mol. The molecule has 0 aliphatic rings. The highest BCUT2D eigenvalue weighted by molar-refractivity contribution is 7.74. The fourth-order valence-corrected chi connectivity index (χ4v) is 1.52. The van der Waals surface area contributed by atoms with Crippen LogP contribution in [-0.4, -0.2) is 28.9 Å². The van der Waals surface area contributed by atoms with Gasteiger partial charge in [0.1, 0.15) is 0 Å². The van der Waals surface area contributed by atoms with Gasteiger partial charge in [0.15, 0.2) is 0 Å². The molecule has 0 saturated carbocycles. The van der Waals surface area contributed by atoms with Crippen LogP contribution in [0.5, 0.6) is 0 Å². The van der Waals surface area contributed by atoms with Crippen molar-refractivity contribution >= 4 is 23.0 Å². The second-order valence-electron chi connectivity index (χ2n) is 3.21. The highest BCUT2D eigenvalue weighted by Gasteiger charge is 2.08. The standard InChI is InChI=1S/C10H13NO5S/c1-11(16-17(13)14)9-5-3-4-8(6-9)7-10(12)15-2/h3-6H,7H2,1-2H3,(H,13,14). The van der Waals surface area contributed by atoms with E-state index in [-0.39, 0.29) is 12.4 Å². The van der Waals surface area contributed by atoms with Crippen LogP contribution in [0.2, 0.25) is 0 Å². The van der Waals surface area contributed by atoms with Crippen LogP contribution < -0.4 is 5.06 Å². The number of esters is 1. The minimum atomic E-state index is -2.38. The van der Waals surface area contributed by atoms with Crippen LogP contribution in [-0.2, 0) is 31.6 Å². The predicted octanol–water partition coefficient (Wildman–Crippen LogP) is 0.907. The van der Waals surface area contributed by atoms with E-state index in [2.05, 4.69) is 9.02 Å². The Balaban J connectivity index is 2.78. The largest absolute Gasteiger partial charge is 0.469 e. The van der Waals surface area contributed by atoms with Gasteiger partial charge in [-0.1, -0.05) is 12.1 Å². The molecule has 17 heavy (non-hydrogen) atoms. The van der Waals surface area contributed by atoms with Crippen LogP contribution in [0.15, 0.2) is 24.3 Å². The van der Waals surface area contributed by atoms with Crippen LogP contribution in [0.25, 0.3) is 0 Å². The number of hydrogen-bond donors (Lipinski definition) is 1. The summed E-state index contributed by atoms with van der Waals surface area (Å²) in [6.07, 6.45) is 0.139. The van der Waals surface area contributed by atoms with Gasteiger partial charge >= 0.3 is 17.3 Å². The van der Waals surface area contributed by atoms with E-state index in [9.17, 15) is 9.00 Å². The van der Waals surface area contributed by atoms with E-state index in [1.165, 1.54) is 14.2 Å². The van der Waals surface area contributed by atoms with E-state index in [4.69, 9.17) is 4.55 Å². The molecule has 1 aromatic carbocycles. The first-order chi connectivity index (χ1) is 8.02. The van der Waals surface area contributed by atoms with E-state index >= 15 is 0 Å². The maximum absolute atomic E-state index is 11.1. The van der Waals surface area contributed by atoms with Gasteiger partial charge in [-0.3, -0.25) is 9.35 Å². The van der Waals surface area contributed by atoms with E-state index in [1.807, 2.05) is 0 Å². The van der Waals surface area contributed by atoms with E-state index in [0.717, 1.165) is 10.6 Å². The molecule has 1 unspecified atom stereocenters. The molecule has 94 valence electrons. The van der Waals surface area contributed by atoms with Crippen LogP contribution in [0, 0.1) is 0 Å². The lowest BCUT2D eigenvalue weighted by Gasteiger charge is -2.15. The van der Waals surface area contributed by atoms with Crippen molar-refractivity contribution in [2.24, 2.45) is 0 Å². The third-order valence-corrected chi connectivity index (χ3v) is 2.38. The quantitative estimate of drug-likeness (QED) is 0.481. The lowest BCUT2D eigenvalue weighted by molar-refractivity contribution is -0.139. The second kappa shape index (κ2) is 6.33. The summed E-state index contributed by atoms with van der Waals surface area (Å²) in [6, 6.07) is 6.83. The Labute approximate surface area is 102 Å². The zero-order valence-electron chi connectivity index (χ0n) is 9.45. The topological polar surface area (TPSA) is 76.1 Å². The molecule has 1 rings (SSSR count). The molecular weight excluding hydrogens is 246 g/mol. The van der Waals surface area contributed by atoms with E-state index < -0.39 is 11.4 Å². The zero-order chi connectivity index (χ0) is 12.8. The summed E-state index contributed by atoms with van der Waals surface area (Å²) in [4.78, 5) is 11.1. The summed E-state index contributed by atoms with van der Waals surface area (Å²) >= 11 is -2.38. The van der Waals surface area contributed by atoms with Crippen LogP contribution >= 0.6 is 0 Å². The molecule has 1 N–H and O–H groups in total. The summed E-state index contributed by atoms with van der Waals surface area (Å²) < 4.78 is 28.2. The van der Waals surface area contributed by atoms with Crippen molar-refractivity contribution < 1.29 is 22.6 Å². The van der Waals surface area contributed by atoms with Gasteiger partial charge in [0, 0.05) is 7.05 Å². The smallest absolute Gasteiger partial charge is 0.325 e. The first-order valence-electron chi connectivity index (χ1n) is 4.71. The minimum Gasteiger partial charge on any atom is -0.469 e. The van der Waals surface area contributed by atoms with Gasteiger partial charge < -0.3 is 4.74 Å². The van der Waals surface area contributed by atoms with Crippen LogP contribution in [0.4, 0.5) is 5.69 Å². The lowest BCUT2D eigenvalue weighted by Crippen LogP contribution is -2.19. The van der Waals surface area contributed by atoms with Gasteiger partial charge in [-0.15, -0.1) is 4.28 Å². The van der Waals surface area contributed by atoms with Gasteiger partial charge in [0.25, 0.3) is 0 Å². The Hall–Kier alpha value is -1.44. The molecule has 0 heterocycles. The molecule has 0 saturated heterocycles. The van der Waals surface area contributed by atoms with E-state index in [0.29, 0.717) is 5.69 Å². The molecule has 0 aliphatic heterocycles. The Morgan fingerprint density at radius 1 is 1.53 bits per heavy atom. The summed E-state index contributed by atoms with van der Waals surface area (Å²) in [7, 11) is 2.81. The van der Waals surface area contributed by atoms with Gasteiger partial charge in [0.2, 0.25) is 0 Å². The molecule has 6 nitrogen and oxygen atoms in total. The number of hydrogen-bond acceptors (Lipinski definition) is 5. The van der Waals surface area contributed by atoms with Crippen molar-refractivity contribution in [3.8, 4) is 0 Å². The van der Waals surface area contributed by atoms with Crippen molar-refractivity contribution in [1.82, 2.24) is 0 Å². The molecule has 0 aromatic heterocycles. The molecule has 0 aliphatic carbocycles. The number of ether oxygens (including phenoxy) is 1. The minimum absolute atomic E-state index is 0.139. The number of carbonyl (C=O) groups is 1. The van der Waals surface area contributed by atoms with Crippen molar-refractivity contribution in [2.75, 3.05) is 19.2 Å². The lowest BCUT2D eigenvalue weighted by atomic mass is 10.1. The van der Waals surface area contributed by atoms with Crippen molar-refractivity contribution in [1.29, 1.82) is 0 Å². The van der Waals surface area contributed by atoms with Crippen molar-refractivity contribution in [3.63, 3.8) is 0 Å². The number of nitrogens with zero attached hydrogens (tertiary/aromatic N) is 1. The van der Waals surface area contributed by atoms with Gasteiger partial charge in [-0.05, 0) is 17.7 Å². The number of methoxy groups -OCH3 is 1. The molecule has 1 aromatic rings. The third-order valence-electron chi connectivity index (χ3n) is 2.03. The van der Waals surface area contributed by atoms with Crippen LogP contribution in [0.1, 0.15) is 5.56 Å². The van der Waals surface area contributed by atoms with Gasteiger partial charge in [-0.25, -0.2) is 5.06 Å². The Bertz CT molecular complexity index is 423. The number of rotatable bonds is 5. The SMILES string of the molecule is COC(=O)Cc1cccc(N(C)OS(=O)O)c1. The number of benzene rings is 1. The van der Waals surface area contributed by atoms with Crippen LogP contribution in [0.3, 0.4) is 0 Å². The number of hydroxylamine groups is 1. The molecule has 0 spiro atoms. The number of anilines is 1. The highest BCUT2D eigenvalue weighted by atomic mass is 32.2. The van der Waals surface area contributed by atoms with E-state index in [1.54, 1.807) is 24.3 Å². The summed E-state index contributed by atoms with van der Waals surface area (Å²) in [5.74, 6) is -0.351. The Morgan fingerprint density at radius 2 is 2.24 bits per heavy atom. The summed E-state index contributed by atoms with van der Waals surface area (Å²) in [5.41, 5.74) is 1.29. The summed E-state index contributed by atoms with van der Waals surface area (Å²) in [6.45, 7) is 0. The fraction of sp³-hybridized carbons (Fsp3) is 0.300. The Morgan fingerprint density at radius 3 is 2.82 bits per heavy atom. The monoisotopic (exact) mass is 259 g/mol. The normalized spacial score (nSPS) is 11.9. The van der Waals surface area contributed by atoms with Crippen molar-refractivity contribution in [2.45, 2.75) is 6.42 Å². The molecular formula is C10H13NO5S. The molecule has 0 amide bonds. The first-order valence-corrected chi connectivity index (χ1v) is 5.75. The molecule has 0 fully saturated rings. The Kier molecular flexibility index (Phi) is 5.08. The average molecular weight is 259 g/mol. The van der Waals surface area contributed by atoms with Crippen molar-refractivity contribution in [3.05, 3.63) is 29.8 Å². The highest BCUT2D eigenvalue weighted by Crippen LogP contribution is 2.16. The first kappa shape index (κ1) is 13.6. The van der Waals surface area contributed by atoms with Gasteiger partial charge in [0.05, 0.1) is 19.2 Å². The average Bonchev–Trinajstić information content (AvgIpc) is 2.28.